The highest BCUT2D eigenvalue weighted by Gasteiger charge is 2.24. The molecule has 0 aliphatic carbocycles. The molecule has 108 valence electrons. The first-order valence-corrected chi connectivity index (χ1v) is 6.90. The number of urea groups is 1. The van der Waals surface area contributed by atoms with Crippen LogP contribution in [0, 0.1) is 0 Å². The van der Waals surface area contributed by atoms with Crippen LogP contribution in [0.2, 0.25) is 0 Å². The van der Waals surface area contributed by atoms with E-state index in [4.69, 9.17) is 4.74 Å². The average molecular weight is 268 g/mol. The van der Waals surface area contributed by atoms with Crippen molar-refractivity contribution in [2.45, 2.75) is 51.7 Å². The molecule has 0 bridgehead atoms. The Bertz CT molecular complexity index is 342. The van der Waals surface area contributed by atoms with Crippen LogP contribution < -0.4 is 5.32 Å². The fourth-order valence-corrected chi connectivity index (χ4v) is 2.06. The third-order valence-corrected chi connectivity index (χ3v) is 3.24. The minimum Gasteiger partial charge on any atom is -0.458 e. The van der Waals surface area contributed by atoms with Gasteiger partial charge in [0.15, 0.2) is 0 Å². The Labute approximate surface area is 115 Å². The Morgan fingerprint density at radius 1 is 1.58 bits per heavy atom. The van der Waals surface area contributed by atoms with E-state index in [2.05, 4.69) is 12.2 Å². The highest BCUT2D eigenvalue weighted by molar-refractivity contribution is 5.76. The van der Waals surface area contributed by atoms with Gasteiger partial charge in [-0.2, -0.15) is 0 Å². The summed E-state index contributed by atoms with van der Waals surface area (Å²) in [5.41, 5.74) is 0. The largest absolute Gasteiger partial charge is 0.458 e. The molecule has 1 aliphatic rings. The lowest BCUT2D eigenvalue weighted by molar-refractivity contribution is -0.144. The van der Waals surface area contributed by atoms with Gasteiger partial charge in [-0.15, -0.1) is 0 Å². The highest BCUT2D eigenvalue weighted by atomic mass is 16.5. The number of nitrogens with zero attached hydrogens (tertiary/aromatic N) is 1. The average Bonchev–Trinajstić information content (AvgIpc) is 2.67. The molecular formula is C14H24N2O3. The van der Waals surface area contributed by atoms with Crippen molar-refractivity contribution < 1.29 is 14.3 Å². The molecular weight excluding hydrogens is 244 g/mol. The maximum atomic E-state index is 11.3. The lowest BCUT2D eigenvalue weighted by atomic mass is 10.1. The monoisotopic (exact) mass is 268 g/mol. The Morgan fingerprint density at radius 2 is 2.32 bits per heavy atom. The summed E-state index contributed by atoms with van der Waals surface area (Å²) in [5.74, 6) is -0.264. The van der Waals surface area contributed by atoms with Gasteiger partial charge in [0.25, 0.3) is 0 Å². The van der Waals surface area contributed by atoms with E-state index in [0.29, 0.717) is 6.54 Å². The Balaban J connectivity index is 2.50. The van der Waals surface area contributed by atoms with Crippen LogP contribution in [0.4, 0.5) is 4.79 Å². The van der Waals surface area contributed by atoms with Gasteiger partial charge in [-0.25, -0.2) is 4.79 Å². The van der Waals surface area contributed by atoms with E-state index in [1.54, 1.807) is 11.9 Å². The quantitative estimate of drug-likeness (QED) is 0.437. The molecule has 0 aromatic carbocycles. The molecule has 5 heteroatoms. The van der Waals surface area contributed by atoms with Crippen LogP contribution in [-0.4, -0.2) is 42.6 Å². The first-order valence-electron chi connectivity index (χ1n) is 6.90. The van der Waals surface area contributed by atoms with Crippen molar-refractivity contribution in [2.24, 2.45) is 0 Å². The second-order valence-corrected chi connectivity index (χ2v) is 4.89. The van der Waals surface area contributed by atoms with Crippen molar-refractivity contribution >= 4 is 12.0 Å². The molecule has 0 aromatic heterocycles. The number of esters is 1. The van der Waals surface area contributed by atoms with Crippen LogP contribution >= 0.6 is 0 Å². The predicted octanol–water partition coefficient (Wildman–Crippen LogP) is 2.08. The maximum absolute atomic E-state index is 11.3. The van der Waals surface area contributed by atoms with E-state index in [1.165, 1.54) is 6.92 Å². The molecule has 1 rings (SSSR count). The van der Waals surface area contributed by atoms with Gasteiger partial charge in [0, 0.05) is 20.5 Å². The van der Waals surface area contributed by atoms with Crippen LogP contribution in [0.15, 0.2) is 12.2 Å². The van der Waals surface area contributed by atoms with E-state index < -0.39 is 0 Å². The molecule has 0 aromatic rings. The van der Waals surface area contributed by atoms with E-state index in [0.717, 1.165) is 25.7 Å². The third-order valence-electron chi connectivity index (χ3n) is 3.24. The Kier molecular flexibility index (Phi) is 6.39. The SMILES string of the molecule is CCCCCC(/C=C/C1CNC(=O)N1C)OC(C)=O. The topological polar surface area (TPSA) is 58.6 Å². The molecule has 2 amide bonds. The fourth-order valence-electron chi connectivity index (χ4n) is 2.06. The number of unbranched alkanes of at least 4 members (excludes halogenated alkanes) is 2. The molecule has 19 heavy (non-hydrogen) atoms. The molecule has 1 heterocycles. The number of likely N-dealkylation sites (N-methyl/N-ethyl adjacent to an activating group) is 1. The van der Waals surface area contributed by atoms with E-state index >= 15 is 0 Å². The summed E-state index contributed by atoms with van der Waals surface area (Å²) < 4.78 is 5.27. The van der Waals surface area contributed by atoms with Crippen molar-refractivity contribution in [1.29, 1.82) is 0 Å². The van der Waals surface area contributed by atoms with Gasteiger partial charge in [-0.05, 0) is 18.9 Å². The summed E-state index contributed by atoms with van der Waals surface area (Å²) in [4.78, 5) is 24.0. The zero-order chi connectivity index (χ0) is 14.3. The number of carbonyl (C=O) groups is 2. The molecule has 1 fully saturated rings. The molecule has 0 radical (unpaired) electrons. The minimum absolute atomic E-state index is 0.0386. The summed E-state index contributed by atoms with van der Waals surface area (Å²) in [6.07, 6.45) is 7.80. The fraction of sp³-hybridized carbons (Fsp3) is 0.714. The van der Waals surface area contributed by atoms with Crippen LogP contribution in [0.1, 0.15) is 39.5 Å². The molecule has 1 saturated heterocycles. The van der Waals surface area contributed by atoms with Crippen LogP contribution in [0.5, 0.6) is 0 Å². The van der Waals surface area contributed by atoms with Gasteiger partial charge in [-0.1, -0.05) is 25.8 Å². The molecule has 2 unspecified atom stereocenters. The molecule has 5 nitrogen and oxygen atoms in total. The van der Waals surface area contributed by atoms with Gasteiger partial charge < -0.3 is 15.0 Å². The Morgan fingerprint density at radius 3 is 2.84 bits per heavy atom. The smallest absolute Gasteiger partial charge is 0.317 e. The number of amides is 2. The number of rotatable bonds is 7. The third kappa shape index (κ3) is 5.32. The van der Waals surface area contributed by atoms with Crippen molar-refractivity contribution in [1.82, 2.24) is 10.2 Å². The highest BCUT2D eigenvalue weighted by Crippen LogP contribution is 2.11. The normalized spacial score (nSPS) is 20.7. The molecule has 2 atom stereocenters. The van der Waals surface area contributed by atoms with Gasteiger partial charge in [0.1, 0.15) is 6.10 Å². The van der Waals surface area contributed by atoms with Crippen molar-refractivity contribution in [3.63, 3.8) is 0 Å². The van der Waals surface area contributed by atoms with Crippen LogP contribution in [-0.2, 0) is 9.53 Å². The lowest BCUT2D eigenvalue weighted by Crippen LogP contribution is -2.28. The number of carbonyl (C=O) groups excluding carboxylic acids is 2. The minimum atomic E-state index is -0.264. The molecule has 1 aliphatic heterocycles. The number of ether oxygens (including phenoxy) is 1. The number of nitrogens with one attached hydrogen (secondary N) is 1. The van der Waals surface area contributed by atoms with Crippen molar-refractivity contribution in [3.05, 3.63) is 12.2 Å². The van der Waals surface area contributed by atoms with Gasteiger partial charge in [-0.3, -0.25) is 4.79 Å². The second-order valence-electron chi connectivity index (χ2n) is 4.89. The molecule has 0 spiro atoms. The zero-order valence-electron chi connectivity index (χ0n) is 12.0. The van der Waals surface area contributed by atoms with Crippen LogP contribution in [0.25, 0.3) is 0 Å². The first-order chi connectivity index (χ1) is 9.04. The zero-order valence-corrected chi connectivity index (χ0v) is 12.0. The van der Waals surface area contributed by atoms with E-state index in [1.807, 2.05) is 12.2 Å². The molecule has 1 N–H and O–H groups in total. The summed E-state index contributed by atoms with van der Waals surface area (Å²) in [5, 5.41) is 2.76. The summed E-state index contributed by atoms with van der Waals surface area (Å²) in [6.45, 7) is 4.17. The maximum Gasteiger partial charge on any atom is 0.317 e. The standard InChI is InChI=1S/C14H24N2O3/c1-4-5-6-7-13(19-11(2)17)9-8-12-10-15-14(18)16(12)3/h8-9,12-13H,4-7,10H2,1-3H3,(H,15,18)/b9-8+. The second kappa shape index (κ2) is 7.81. The van der Waals surface area contributed by atoms with Gasteiger partial charge in [0.05, 0.1) is 6.04 Å². The van der Waals surface area contributed by atoms with Crippen molar-refractivity contribution in [2.75, 3.05) is 13.6 Å². The number of hydrogen-bond donors (Lipinski definition) is 1. The van der Waals surface area contributed by atoms with Crippen LogP contribution in [0.3, 0.4) is 0 Å². The predicted molar refractivity (Wildman–Crippen MR) is 73.8 cm³/mol. The summed E-state index contributed by atoms with van der Waals surface area (Å²) in [7, 11) is 1.76. The summed E-state index contributed by atoms with van der Waals surface area (Å²) >= 11 is 0. The van der Waals surface area contributed by atoms with Gasteiger partial charge >= 0.3 is 12.0 Å². The van der Waals surface area contributed by atoms with Crippen molar-refractivity contribution in [3.8, 4) is 0 Å². The molecule has 0 saturated carbocycles. The van der Waals surface area contributed by atoms with E-state index in [9.17, 15) is 9.59 Å². The Hall–Kier alpha value is -1.52. The first kappa shape index (κ1) is 15.5. The lowest BCUT2D eigenvalue weighted by Gasteiger charge is -2.16. The van der Waals surface area contributed by atoms with E-state index in [-0.39, 0.29) is 24.1 Å². The summed E-state index contributed by atoms with van der Waals surface area (Å²) in [6, 6.07) is -0.0265. The van der Waals surface area contributed by atoms with Gasteiger partial charge in [0.2, 0.25) is 0 Å². The number of hydrogen-bond acceptors (Lipinski definition) is 3.